The maximum absolute atomic E-state index is 6.69. The minimum absolute atomic E-state index is 0.654. The minimum Gasteiger partial charge on any atom is -0.456 e. The molecule has 6 aromatic carbocycles. The summed E-state index contributed by atoms with van der Waals surface area (Å²) in [6.45, 7) is 0. The van der Waals surface area contributed by atoms with Gasteiger partial charge in [0.05, 0.1) is 11.4 Å². The van der Waals surface area contributed by atoms with Gasteiger partial charge in [-0.1, -0.05) is 109 Å². The van der Waals surface area contributed by atoms with Crippen LogP contribution in [0.25, 0.3) is 100 Å². The molecule has 0 fully saturated rings. The highest BCUT2D eigenvalue weighted by Crippen LogP contribution is 2.43. The molecule has 234 valence electrons. The van der Waals surface area contributed by atoms with E-state index in [9.17, 15) is 0 Å². The van der Waals surface area contributed by atoms with Crippen LogP contribution >= 0.6 is 0 Å². The lowest BCUT2D eigenvalue weighted by Crippen LogP contribution is -1.96. The third kappa shape index (κ3) is 4.67. The minimum atomic E-state index is 0.654. The molecule has 0 unspecified atom stereocenters. The van der Waals surface area contributed by atoms with Crippen molar-refractivity contribution in [2.45, 2.75) is 0 Å². The Kier molecular flexibility index (Phi) is 6.42. The summed E-state index contributed by atoms with van der Waals surface area (Å²) in [6, 6.07) is 51.8. The molecule has 10 rings (SSSR count). The van der Waals surface area contributed by atoms with Gasteiger partial charge in [0.1, 0.15) is 22.3 Å². The van der Waals surface area contributed by atoms with Gasteiger partial charge in [-0.2, -0.15) is 0 Å². The predicted molar refractivity (Wildman–Crippen MR) is 202 cm³/mol. The van der Waals surface area contributed by atoms with Gasteiger partial charge in [0.25, 0.3) is 0 Å². The normalized spacial score (nSPS) is 11.6. The highest BCUT2D eigenvalue weighted by atomic mass is 16.3. The van der Waals surface area contributed by atoms with Gasteiger partial charge in [0.2, 0.25) is 0 Å². The summed E-state index contributed by atoms with van der Waals surface area (Å²) in [4.78, 5) is 14.6. The van der Waals surface area contributed by atoms with E-state index in [2.05, 4.69) is 102 Å². The number of para-hydroxylation sites is 2. The van der Waals surface area contributed by atoms with E-state index in [1.807, 2.05) is 60.8 Å². The Morgan fingerprint density at radius 2 is 1.06 bits per heavy atom. The third-order valence-electron chi connectivity index (χ3n) is 9.42. The van der Waals surface area contributed by atoms with Crippen molar-refractivity contribution in [1.29, 1.82) is 0 Å². The second-order valence-electron chi connectivity index (χ2n) is 12.4. The summed E-state index contributed by atoms with van der Waals surface area (Å²) in [5, 5.41) is 4.23. The molecule has 0 bridgehead atoms. The number of hydrogen-bond donors (Lipinski definition) is 0. The number of nitrogens with zero attached hydrogens (tertiary/aromatic N) is 3. The molecule has 0 N–H and O–H groups in total. The molecular formula is C45H27N3O2. The molecule has 0 amide bonds. The maximum atomic E-state index is 6.69. The lowest BCUT2D eigenvalue weighted by Gasteiger charge is -2.12. The molecule has 4 heterocycles. The van der Waals surface area contributed by atoms with E-state index in [0.29, 0.717) is 5.82 Å². The van der Waals surface area contributed by atoms with E-state index in [1.165, 1.54) is 0 Å². The van der Waals surface area contributed by atoms with Crippen molar-refractivity contribution >= 4 is 43.9 Å². The van der Waals surface area contributed by atoms with Crippen LogP contribution in [0.5, 0.6) is 0 Å². The fourth-order valence-electron chi connectivity index (χ4n) is 6.98. The SMILES string of the molecule is c1ccc(-c2cc(-c3ccc(-c4ccc5oc6ccccc6c5c4)c4oc5ccccc5c34)nc(-c3ccc(-c4cccnc4)cc3)n2)cc1. The molecule has 50 heavy (non-hydrogen) atoms. The van der Waals surface area contributed by atoms with Crippen LogP contribution in [0.4, 0.5) is 0 Å². The van der Waals surface area contributed by atoms with E-state index < -0.39 is 0 Å². The highest BCUT2D eigenvalue weighted by molar-refractivity contribution is 6.17. The number of rotatable bonds is 5. The zero-order valence-corrected chi connectivity index (χ0v) is 26.7. The van der Waals surface area contributed by atoms with Crippen molar-refractivity contribution < 1.29 is 8.83 Å². The van der Waals surface area contributed by atoms with Gasteiger partial charge in [-0.15, -0.1) is 0 Å². The van der Waals surface area contributed by atoms with Crippen molar-refractivity contribution in [2.24, 2.45) is 0 Å². The number of pyridine rings is 1. The zero-order chi connectivity index (χ0) is 33.0. The fourth-order valence-corrected chi connectivity index (χ4v) is 6.98. The fraction of sp³-hybridized carbons (Fsp3) is 0. The average Bonchev–Trinajstić information content (AvgIpc) is 3.77. The molecule has 0 atom stereocenters. The van der Waals surface area contributed by atoms with E-state index in [1.54, 1.807) is 6.20 Å². The molecule has 0 aliphatic carbocycles. The summed E-state index contributed by atoms with van der Waals surface area (Å²) < 4.78 is 12.8. The van der Waals surface area contributed by atoms with Crippen molar-refractivity contribution in [3.05, 3.63) is 164 Å². The number of fused-ring (bicyclic) bond motifs is 6. The largest absolute Gasteiger partial charge is 0.456 e. The molecular weight excluding hydrogens is 615 g/mol. The topological polar surface area (TPSA) is 65.0 Å². The van der Waals surface area contributed by atoms with E-state index in [4.69, 9.17) is 18.8 Å². The highest BCUT2D eigenvalue weighted by Gasteiger charge is 2.20. The lowest BCUT2D eigenvalue weighted by molar-refractivity contribution is 0.668. The lowest BCUT2D eigenvalue weighted by atomic mass is 9.95. The van der Waals surface area contributed by atoms with Crippen LogP contribution in [-0.4, -0.2) is 15.0 Å². The van der Waals surface area contributed by atoms with Crippen molar-refractivity contribution in [1.82, 2.24) is 15.0 Å². The van der Waals surface area contributed by atoms with Gasteiger partial charge in [0.15, 0.2) is 5.82 Å². The van der Waals surface area contributed by atoms with Gasteiger partial charge in [-0.3, -0.25) is 4.98 Å². The second kappa shape index (κ2) is 11.4. The standard InChI is InChI=1S/C45H27N3O2/c1-2-9-29(10-3-1)38-26-39(48-45(47-38)30-18-16-28(17-19-30)32-11-8-24-46-27-32)35-22-21-33(44-43(35)36-13-5-7-15-41(36)50-44)31-20-23-42-37(25-31)34-12-4-6-14-40(34)49-42/h1-27H. The quantitative estimate of drug-likeness (QED) is 0.187. The maximum Gasteiger partial charge on any atom is 0.160 e. The molecule has 0 radical (unpaired) electrons. The van der Waals surface area contributed by atoms with Crippen LogP contribution < -0.4 is 0 Å². The Bertz CT molecular complexity index is 2850. The Hall–Kier alpha value is -6.85. The first-order chi connectivity index (χ1) is 24.8. The number of benzene rings is 6. The molecule has 0 aliphatic rings. The Morgan fingerprint density at radius 1 is 0.400 bits per heavy atom. The van der Waals surface area contributed by atoms with Gasteiger partial charge in [-0.05, 0) is 59.2 Å². The molecule has 0 spiro atoms. The summed E-state index contributed by atoms with van der Waals surface area (Å²) in [6.07, 6.45) is 3.66. The van der Waals surface area contributed by atoms with Gasteiger partial charge < -0.3 is 8.83 Å². The van der Waals surface area contributed by atoms with E-state index >= 15 is 0 Å². The Morgan fingerprint density at radius 3 is 1.88 bits per heavy atom. The molecule has 5 nitrogen and oxygen atoms in total. The first-order valence-electron chi connectivity index (χ1n) is 16.6. The monoisotopic (exact) mass is 641 g/mol. The van der Waals surface area contributed by atoms with Crippen LogP contribution in [0.3, 0.4) is 0 Å². The third-order valence-corrected chi connectivity index (χ3v) is 9.42. The molecule has 0 saturated heterocycles. The molecule has 4 aromatic heterocycles. The average molecular weight is 642 g/mol. The van der Waals surface area contributed by atoms with Gasteiger partial charge in [0, 0.05) is 56.2 Å². The summed E-state index contributed by atoms with van der Waals surface area (Å²) >= 11 is 0. The smallest absolute Gasteiger partial charge is 0.160 e. The summed E-state index contributed by atoms with van der Waals surface area (Å²) in [5.41, 5.74) is 12.2. The van der Waals surface area contributed by atoms with Crippen LogP contribution in [0, 0.1) is 0 Å². The van der Waals surface area contributed by atoms with Crippen molar-refractivity contribution in [2.75, 3.05) is 0 Å². The molecule has 0 saturated carbocycles. The van der Waals surface area contributed by atoms with E-state index in [0.717, 1.165) is 94.2 Å². The van der Waals surface area contributed by atoms with Gasteiger partial charge in [-0.25, -0.2) is 9.97 Å². The Labute approximate surface area is 287 Å². The summed E-state index contributed by atoms with van der Waals surface area (Å²) in [5.74, 6) is 0.654. The molecule has 5 heteroatoms. The number of furan rings is 2. The van der Waals surface area contributed by atoms with E-state index in [-0.39, 0.29) is 0 Å². The first-order valence-corrected chi connectivity index (χ1v) is 16.6. The Balaban J connectivity index is 1.18. The first kappa shape index (κ1) is 28.2. The van der Waals surface area contributed by atoms with Crippen LogP contribution in [0.15, 0.2) is 173 Å². The van der Waals surface area contributed by atoms with Crippen molar-refractivity contribution in [3.8, 4) is 56.2 Å². The number of hydrogen-bond acceptors (Lipinski definition) is 5. The number of aromatic nitrogens is 3. The van der Waals surface area contributed by atoms with Crippen molar-refractivity contribution in [3.63, 3.8) is 0 Å². The molecule has 10 aromatic rings. The summed E-state index contributed by atoms with van der Waals surface area (Å²) in [7, 11) is 0. The van der Waals surface area contributed by atoms with Gasteiger partial charge >= 0.3 is 0 Å². The van der Waals surface area contributed by atoms with Crippen LogP contribution in [0.2, 0.25) is 0 Å². The molecule has 0 aliphatic heterocycles. The van der Waals surface area contributed by atoms with Crippen LogP contribution in [-0.2, 0) is 0 Å². The zero-order valence-electron chi connectivity index (χ0n) is 26.7. The second-order valence-corrected chi connectivity index (χ2v) is 12.4. The van der Waals surface area contributed by atoms with Crippen LogP contribution in [0.1, 0.15) is 0 Å². The predicted octanol–water partition coefficient (Wildman–Crippen LogP) is 12.0.